The van der Waals surface area contributed by atoms with Crippen LogP contribution in [0.4, 0.5) is 4.79 Å². The summed E-state index contributed by atoms with van der Waals surface area (Å²) in [4.78, 5) is 12.6. The lowest BCUT2D eigenvalue weighted by atomic mass is 9.97. The monoisotopic (exact) mass is 407 g/mol. The molecule has 1 aromatic rings. The summed E-state index contributed by atoms with van der Waals surface area (Å²) in [6.07, 6.45) is 9.06. The Morgan fingerprint density at radius 1 is 1.07 bits per heavy atom. The van der Waals surface area contributed by atoms with Gasteiger partial charge in [0.1, 0.15) is 0 Å². The first-order valence-electron chi connectivity index (χ1n) is 10.6. The first-order valence-corrected chi connectivity index (χ1v) is 12.0. The molecule has 1 heterocycles. The predicted molar refractivity (Wildman–Crippen MR) is 111 cm³/mol. The van der Waals surface area contributed by atoms with Gasteiger partial charge in [-0.05, 0) is 43.7 Å². The minimum absolute atomic E-state index is 0.120. The number of hydrogen-bond donors (Lipinski definition) is 2. The van der Waals surface area contributed by atoms with E-state index >= 15 is 0 Å². The van der Waals surface area contributed by atoms with E-state index in [0.717, 1.165) is 24.8 Å². The summed E-state index contributed by atoms with van der Waals surface area (Å²) in [6, 6.07) is 7.24. The van der Waals surface area contributed by atoms with Crippen molar-refractivity contribution in [3.05, 3.63) is 29.8 Å². The molecule has 1 aliphatic heterocycles. The molecule has 0 spiro atoms. The molecule has 6 nitrogen and oxygen atoms in total. The Morgan fingerprint density at radius 2 is 1.75 bits per heavy atom. The van der Waals surface area contributed by atoms with Gasteiger partial charge in [0.15, 0.2) is 0 Å². The Labute approximate surface area is 169 Å². The molecule has 7 heteroatoms. The largest absolute Gasteiger partial charge is 0.338 e. The molecule has 1 aromatic carbocycles. The Kier molecular flexibility index (Phi) is 7.35. The smallest absolute Gasteiger partial charge is 0.315 e. The van der Waals surface area contributed by atoms with E-state index in [1.807, 2.05) is 19.1 Å². The van der Waals surface area contributed by atoms with Gasteiger partial charge in [-0.25, -0.2) is 13.2 Å². The van der Waals surface area contributed by atoms with Crippen molar-refractivity contribution in [1.82, 2.24) is 14.9 Å². The van der Waals surface area contributed by atoms with E-state index in [-0.39, 0.29) is 18.0 Å². The second-order valence-electron chi connectivity index (χ2n) is 8.18. The first-order chi connectivity index (χ1) is 13.5. The van der Waals surface area contributed by atoms with Crippen molar-refractivity contribution in [2.75, 3.05) is 19.6 Å². The minimum atomic E-state index is -3.47. The van der Waals surface area contributed by atoms with Crippen LogP contribution in [0.5, 0.6) is 0 Å². The minimum Gasteiger partial charge on any atom is -0.338 e. The standard InChI is InChI=1S/C21H33N3O3S/c1-17-9-7-8-12-20(17)28(26,27)24-14-13-18(16-24)15-22-21(25)23-19-10-5-3-2-4-6-11-19/h7-9,12,18-19H,2-6,10-11,13-16H2,1H3,(H2,22,23,25). The lowest BCUT2D eigenvalue weighted by Crippen LogP contribution is -2.44. The Bertz CT molecular complexity index is 758. The molecule has 2 fully saturated rings. The number of carbonyl (C=O) groups is 1. The van der Waals surface area contributed by atoms with E-state index in [0.29, 0.717) is 24.5 Å². The maximum absolute atomic E-state index is 12.9. The highest BCUT2D eigenvalue weighted by atomic mass is 32.2. The Balaban J connectivity index is 1.47. The van der Waals surface area contributed by atoms with E-state index in [9.17, 15) is 13.2 Å². The highest BCUT2D eigenvalue weighted by Gasteiger charge is 2.33. The molecule has 2 amide bonds. The van der Waals surface area contributed by atoms with Gasteiger partial charge in [-0.3, -0.25) is 0 Å². The zero-order chi connectivity index (χ0) is 20.0. The number of amides is 2. The molecular weight excluding hydrogens is 374 g/mol. The summed E-state index contributed by atoms with van der Waals surface area (Å²) in [5.74, 6) is 0.155. The van der Waals surface area contributed by atoms with Crippen LogP contribution in [0, 0.1) is 12.8 Å². The molecule has 1 saturated heterocycles. The van der Waals surface area contributed by atoms with Crippen molar-refractivity contribution in [2.24, 2.45) is 5.92 Å². The van der Waals surface area contributed by atoms with Crippen molar-refractivity contribution < 1.29 is 13.2 Å². The number of nitrogens with one attached hydrogen (secondary N) is 2. The van der Waals surface area contributed by atoms with Crippen LogP contribution < -0.4 is 10.6 Å². The lowest BCUT2D eigenvalue weighted by molar-refractivity contribution is 0.232. The SMILES string of the molecule is Cc1ccccc1S(=O)(=O)N1CCC(CNC(=O)NC2CCCCCCC2)C1. The van der Waals surface area contributed by atoms with Crippen molar-refractivity contribution >= 4 is 16.1 Å². The van der Waals surface area contributed by atoms with Gasteiger partial charge in [-0.2, -0.15) is 4.31 Å². The summed E-state index contributed by atoms with van der Waals surface area (Å²) >= 11 is 0. The van der Waals surface area contributed by atoms with Gasteiger partial charge < -0.3 is 10.6 Å². The number of aryl methyl sites for hydroxylation is 1. The Hall–Kier alpha value is -1.60. The number of nitrogens with zero attached hydrogens (tertiary/aromatic N) is 1. The fraction of sp³-hybridized carbons (Fsp3) is 0.667. The number of carbonyl (C=O) groups excluding carboxylic acids is 1. The van der Waals surface area contributed by atoms with Crippen LogP contribution in [0.15, 0.2) is 29.2 Å². The molecule has 3 rings (SSSR count). The van der Waals surface area contributed by atoms with Crippen LogP contribution in [-0.2, 0) is 10.0 Å². The average molecular weight is 408 g/mol. The summed E-state index contributed by atoms with van der Waals surface area (Å²) in [5.41, 5.74) is 0.766. The van der Waals surface area contributed by atoms with Crippen LogP contribution in [-0.4, -0.2) is 44.4 Å². The molecular formula is C21H33N3O3S. The third kappa shape index (κ3) is 5.47. The molecule has 1 saturated carbocycles. The number of sulfonamides is 1. The van der Waals surface area contributed by atoms with Crippen LogP contribution in [0.2, 0.25) is 0 Å². The van der Waals surface area contributed by atoms with Gasteiger partial charge in [0, 0.05) is 25.7 Å². The predicted octanol–water partition coefficient (Wildman–Crippen LogP) is 3.42. The van der Waals surface area contributed by atoms with Crippen LogP contribution in [0.1, 0.15) is 56.9 Å². The number of rotatable bonds is 5. The summed E-state index contributed by atoms with van der Waals surface area (Å²) < 4.78 is 27.3. The second kappa shape index (κ2) is 9.74. The summed E-state index contributed by atoms with van der Waals surface area (Å²) in [6.45, 7) is 3.30. The van der Waals surface area contributed by atoms with Gasteiger partial charge in [-0.15, -0.1) is 0 Å². The van der Waals surface area contributed by atoms with Gasteiger partial charge >= 0.3 is 6.03 Å². The molecule has 1 unspecified atom stereocenters. The maximum atomic E-state index is 12.9. The molecule has 1 atom stereocenters. The molecule has 0 aromatic heterocycles. The fourth-order valence-corrected chi connectivity index (χ4v) is 6.00. The van der Waals surface area contributed by atoms with Crippen molar-refractivity contribution in [3.8, 4) is 0 Å². The average Bonchev–Trinajstić information content (AvgIpc) is 3.12. The third-order valence-electron chi connectivity index (χ3n) is 5.95. The molecule has 2 N–H and O–H groups in total. The lowest BCUT2D eigenvalue weighted by Gasteiger charge is -2.22. The van der Waals surface area contributed by atoms with Crippen LogP contribution in [0.25, 0.3) is 0 Å². The van der Waals surface area contributed by atoms with Crippen molar-refractivity contribution in [2.45, 2.75) is 69.2 Å². The zero-order valence-electron chi connectivity index (χ0n) is 16.8. The van der Waals surface area contributed by atoms with E-state index in [4.69, 9.17) is 0 Å². The van der Waals surface area contributed by atoms with E-state index in [1.165, 1.54) is 32.1 Å². The number of hydrogen-bond acceptors (Lipinski definition) is 3. The topological polar surface area (TPSA) is 78.5 Å². The third-order valence-corrected chi connectivity index (χ3v) is 7.98. The van der Waals surface area contributed by atoms with Gasteiger partial charge in [-0.1, -0.05) is 50.3 Å². The molecule has 156 valence electrons. The molecule has 2 aliphatic rings. The van der Waals surface area contributed by atoms with Gasteiger partial charge in [0.05, 0.1) is 4.90 Å². The highest BCUT2D eigenvalue weighted by molar-refractivity contribution is 7.89. The van der Waals surface area contributed by atoms with Crippen molar-refractivity contribution in [1.29, 1.82) is 0 Å². The zero-order valence-corrected chi connectivity index (χ0v) is 17.6. The normalized spacial score (nSPS) is 22.4. The fourth-order valence-electron chi connectivity index (χ4n) is 4.24. The first kappa shape index (κ1) is 21.1. The van der Waals surface area contributed by atoms with Crippen LogP contribution >= 0.6 is 0 Å². The molecule has 0 radical (unpaired) electrons. The maximum Gasteiger partial charge on any atom is 0.315 e. The van der Waals surface area contributed by atoms with Gasteiger partial charge in [0.2, 0.25) is 10.0 Å². The van der Waals surface area contributed by atoms with E-state index in [2.05, 4.69) is 10.6 Å². The highest BCUT2D eigenvalue weighted by Crippen LogP contribution is 2.26. The molecule has 0 bridgehead atoms. The molecule has 1 aliphatic carbocycles. The molecule has 28 heavy (non-hydrogen) atoms. The van der Waals surface area contributed by atoms with Gasteiger partial charge in [0.25, 0.3) is 0 Å². The Morgan fingerprint density at radius 3 is 2.46 bits per heavy atom. The second-order valence-corrected chi connectivity index (χ2v) is 10.1. The summed E-state index contributed by atoms with van der Waals surface area (Å²) in [5, 5.41) is 6.06. The van der Waals surface area contributed by atoms with Crippen LogP contribution in [0.3, 0.4) is 0 Å². The van der Waals surface area contributed by atoms with E-state index < -0.39 is 10.0 Å². The number of benzene rings is 1. The van der Waals surface area contributed by atoms with Crippen molar-refractivity contribution in [3.63, 3.8) is 0 Å². The quantitative estimate of drug-likeness (QED) is 0.785. The summed E-state index contributed by atoms with van der Waals surface area (Å²) in [7, 11) is -3.47. The number of urea groups is 1. The van der Waals surface area contributed by atoms with E-state index in [1.54, 1.807) is 16.4 Å².